The van der Waals surface area contributed by atoms with Gasteiger partial charge in [0.05, 0.1) is 0 Å². The molecule has 0 radical (unpaired) electrons. The molecule has 0 aromatic heterocycles. The minimum atomic E-state index is -0.305. The molecule has 1 saturated carbocycles. The molecular formula is C20H24N2O. The zero-order valence-electron chi connectivity index (χ0n) is 13.6. The molecule has 3 rings (SSSR count). The smallest absolute Gasteiger partial charge is 0.246 e. The maximum Gasteiger partial charge on any atom is 0.246 e. The zero-order valence-corrected chi connectivity index (χ0v) is 13.6. The van der Waals surface area contributed by atoms with Gasteiger partial charge in [-0.15, -0.1) is 0 Å². The molecular weight excluding hydrogens is 284 g/mol. The second kappa shape index (κ2) is 7.42. The van der Waals surface area contributed by atoms with Gasteiger partial charge in [0.15, 0.2) is 0 Å². The molecule has 1 aliphatic rings. The Morgan fingerprint density at radius 2 is 1.65 bits per heavy atom. The highest BCUT2D eigenvalue weighted by molar-refractivity contribution is 5.95. The van der Waals surface area contributed by atoms with Crippen molar-refractivity contribution in [1.29, 1.82) is 0 Å². The quantitative estimate of drug-likeness (QED) is 0.869. The lowest BCUT2D eigenvalue weighted by Gasteiger charge is -2.23. The third-order valence-electron chi connectivity index (χ3n) is 4.47. The van der Waals surface area contributed by atoms with Crippen molar-refractivity contribution in [3.63, 3.8) is 0 Å². The summed E-state index contributed by atoms with van der Waals surface area (Å²) in [5.41, 5.74) is 3.05. The number of aryl methyl sites for hydroxylation is 1. The third-order valence-corrected chi connectivity index (χ3v) is 4.47. The number of hydrogen-bond acceptors (Lipinski definition) is 2. The molecule has 2 aromatic carbocycles. The van der Waals surface area contributed by atoms with E-state index in [1.807, 2.05) is 61.5 Å². The highest BCUT2D eigenvalue weighted by Crippen LogP contribution is 2.23. The van der Waals surface area contributed by atoms with Crippen LogP contribution in [0, 0.1) is 6.92 Å². The van der Waals surface area contributed by atoms with Crippen molar-refractivity contribution in [3.8, 4) is 0 Å². The normalized spacial score (nSPS) is 16.2. The number of nitrogens with one attached hydrogen (secondary N) is 2. The molecule has 1 aliphatic carbocycles. The van der Waals surface area contributed by atoms with Crippen molar-refractivity contribution in [1.82, 2.24) is 5.32 Å². The average Bonchev–Trinajstić information content (AvgIpc) is 3.09. The first-order chi connectivity index (χ1) is 11.2. The van der Waals surface area contributed by atoms with Crippen LogP contribution < -0.4 is 10.6 Å². The summed E-state index contributed by atoms with van der Waals surface area (Å²) in [5, 5.41) is 6.59. The van der Waals surface area contributed by atoms with E-state index in [1.54, 1.807) is 0 Å². The van der Waals surface area contributed by atoms with E-state index in [0.717, 1.165) is 24.1 Å². The van der Waals surface area contributed by atoms with Gasteiger partial charge in [0.2, 0.25) is 5.91 Å². The molecule has 0 heterocycles. The van der Waals surface area contributed by atoms with Crippen LogP contribution in [0.15, 0.2) is 54.6 Å². The first kappa shape index (κ1) is 15.8. The van der Waals surface area contributed by atoms with E-state index >= 15 is 0 Å². The number of hydrogen-bond donors (Lipinski definition) is 2. The largest absolute Gasteiger partial charge is 0.324 e. The van der Waals surface area contributed by atoms with Gasteiger partial charge >= 0.3 is 0 Å². The van der Waals surface area contributed by atoms with Crippen molar-refractivity contribution >= 4 is 11.6 Å². The summed E-state index contributed by atoms with van der Waals surface area (Å²) in [6.07, 6.45) is 4.81. The molecule has 0 unspecified atom stereocenters. The topological polar surface area (TPSA) is 41.1 Å². The summed E-state index contributed by atoms with van der Waals surface area (Å²) in [4.78, 5) is 12.8. The van der Waals surface area contributed by atoms with Crippen LogP contribution in [0.5, 0.6) is 0 Å². The molecule has 120 valence electrons. The van der Waals surface area contributed by atoms with Gasteiger partial charge in [-0.25, -0.2) is 0 Å². The predicted octanol–water partition coefficient (Wildman–Crippen LogP) is 4.21. The van der Waals surface area contributed by atoms with Gasteiger partial charge in [-0.05, 0) is 37.5 Å². The number of amides is 1. The molecule has 23 heavy (non-hydrogen) atoms. The van der Waals surface area contributed by atoms with E-state index in [1.165, 1.54) is 18.4 Å². The van der Waals surface area contributed by atoms with Crippen LogP contribution in [-0.2, 0) is 4.79 Å². The van der Waals surface area contributed by atoms with E-state index < -0.39 is 0 Å². The van der Waals surface area contributed by atoms with Crippen LogP contribution in [0.25, 0.3) is 0 Å². The van der Waals surface area contributed by atoms with Crippen LogP contribution in [0.3, 0.4) is 0 Å². The Bertz CT molecular complexity index is 630. The van der Waals surface area contributed by atoms with Crippen molar-refractivity contribution < 1.29 is 4.79 Å². The fraction of sp³-hybridized carbons (Fsp3) is 0.350. The third kappa shape index (κ3) is 4.20. The van der Waals surface area contributed by atoms with Gasteiger partial charge < -0.3 is 5.32 Å². The molecule has 0 saturated heterocycles. The van der Waals surface area contributed by atoms with Crippen molar-refractivity contribution in [2.75, 3.05) is 5.32 Å². The molecule has 0 spiro atoms. The second-order valence-corrected chi connectivity index (χ2v) is 6.35. The SMILES string of the molecule is Cc1ccc(NC(=O)[C@H](NC2CCCC2)c2ccccc2)cc1. The first-order valence-corrected chi connectivity index (χ1v) is 8.41. The number of carbonyl (C=O) groups is 1. The average molecular weight is 308 g/mol. The Labute approximate surface area is 138 Å². The predicted molar refractivity (Wildman–Crippen MR) is 94.4 cm³/mol. The Hall–Kier alpha value is -2.13. The maximum atomic E-state index is 12.8. The Balaban J connectivity index is 1.76. The van der Waals surface area contributed by atoms with Crippen LogP contribution in [0.4, 0.5) is 5.69 Å². The maximum absolute atomic E-state index is 12.8. The molecule has 0 aliphatic heterocycles. The molecule has 2 N–H and O–H groups in total. The Kier molecular flexibility index (Phi) is 5.09. The van der Waals surface area contributed by atoms with Gasteiger partial charge in [-0.3, -0.25) is 10.1 Å². The molecule has 1 fully saturated rings. The Morgan fingerprint density at radius 3 is 2.30 bits per heavy atom. The minimum Gasteiger partial charge on any atom is -0.324 e. The monoisotopic (exact) mass is 308 g/mol. The van der Waals surface area contributed by atoms with Crippen LogP contribution in [0.1, 0.15) is 42.9 Å². The lowest BCUT2D eigenvalue weighted by Crippen LogP contribution is -2.38. The number of benzene rings is 2. The van der Waals surface area contributed by atoms with Gasteiger partial charge in [0.1, 0.15) is 6.04 Å². The van der Waals surface area contributed by atoms with E-state index in [4.69, 9.17) is 0 Å². The first-order valence-electron chi connectivity index (χ1n) is 8.41. The molecule has 1 amide bonds. The van der Waals surface area contributed by atoms with Crippen molar-refractivity contribution in [3.05, 3.63) is 65.7 Å². The summed E-state index contributed by atoms with van der Waals surface area (Å²) >= 11 is 0. The van der Waals surface area contributed by atoms with E-state index in [9.17, 15) is 4.79 Å². The van der Waals surface area contributed by atoms with Crippen molar-refractivity contribution in [2.24, 2.45) is 0 Å². The summed E-state index contributed by atoms with van der Waals surface area (Å²) in [6.45, 7) is 2.04. The van der Waals surface area contributed by atoms with E-state index in [0.29, 0.717) is 6.04 Å². The summed E-state index contributed by atoms with van der Waals surface area (Å²) in [5.74, 6) is 0.00644. The fourth-order valence-electron chi connectivity index (χ4n) is 3.15. The van der Waals surface area contributed by atoms with Crippen LogP contribution in [0.2, 0.25) is 0 Å². The van der Waals surface area contributed by atoms with Gasteiger partial charge in [-0.2, -0.15) is 0 Å². The lowest BCUT2D eigenvalue weighted by atomic mass is 10.0. The number of carbonyl (C=O) groups excluding carboxylic acids is 1. The lowest BCUT2D eigenvalue weighted by molar-refractivity contribution is -0.118. The van der Waals surface area contributed by atoms with Crippen LogP contribution >= 0.6 is 0 Å². The van der Waals surface area contributed by atoms with Gasteiger partial charge in [-0.1, -0.05) is 60.9 Å². The number of anilines is 1. The second-order valence-electron chi connectivity index (χ2n) is 6.35. The van der Waals surface area contributed by atoms with Gasteiger partial charge in [0.25, 0.3) is 0 Å². The summed E-state index contributed by atoms with van der Waals surface area (Å²) < 4.78 is 0. The number of rotatable bonds is 5. The fourth-order valence-corrected chi connectivity index (χ4v) is 3.15. The molecule has 0 bridgehead atoms. The standard InChI is InChI=1S/C20H24N2O/c1-15-11-13-18(14-12-15)22-20(23)19(16-7-3-2-4-8-16)21-17-9-5-6-10-17/h2-4,7-8,11-14,17,19,21H,5-6,9-10H2,1H3,(H,22,23)/t19-/m1/s1. The highest BCUT2D eigenvalue weighted by atomic mass is 16.2. The van der Waals surface area contributed by atoms with Crippen LogP contribution in [-0.4, -0.2) is 11.9 Å². The van der Waals surface area contributed by atoms with Crippen molar-refractivity contribution in [2.45, 2.75) is 44.7 Å². The zero-order chi connectivity index (χ0) is 16.1. The summed E-state index contributed by atoms with van der Waals surface area (Å²) in [6, 6.07) is 18.0. The molecule has 1 atom stereocenters. The molecule has 3 heteroatoms. The Morgan fingerprint density at radius 1 is 1.00 bits per heavy atom. The molecule has 3 nitrogen and oxygen atoms in total. The minimum absolute atomic E-state index is 0.00644. The van der Waals surface area contributed by atoms with Gasteiger partial charge in [0, 0.05) is 11.7 Å². The highest BCUT2D eigenvalue weighted by Gasteiger charge is 2.25. The molecule has 2 aromatic rings. The van der Waals surface area contributed by atoms with E-state index in [-0.39, 0.29) is 11.9 Å². The van der Waals surface area contributed by atoms with E-state index in [2.05, 4.69) is 10.6 Å². The summed E-state index contributed by atoms with van der Waals surface area (Å²) in [7, 11) is 0.